The molecule has 0 saturated heterocycles. The fourth-order valence-electron chi connectivity index (χ4n) is 1.09. The van der Waals surface area contributed by atoms with Crippen molar-refractivity contribution in [2.75, 3.05) is 18.3 Å². The van der Waals surface area contributed by atoms with Gasteiger partial charge in [-0.2, -0.15) is 0 Å². The first-order chi connectivity index (χ1) is 5.40. The molecule has 58 valence electrons. The van der Waals surface area contributed by atoms with Crippen LogP contribution in [0.1, 0.15) is 0 Å². The number of methoxy groups -OCH3 is 1. The van der Waals surface area contributed by atoms with E-state index in [0.29, 0.717) is 0 Å². The molecular formula is C8H9NOS. The van der Waals surface area contributed by atoms with Gasteiger partial charge in [0.15, 0.2) is 0 Å². The molecule has 1 N–H and O–H groups in total. The van der Waals surface area contributed by atoms with Crippen molar-refractivity contribution in [2.24, 2.45) is 0 Å². The highest BCUT2D eigenvalue weighted by atomic mass is 32.2. The van der Waals surface area contributed by atoms with Gasteiger partial charge in [0.1, 0.15) is 5.75 Å². The quantitative estimate of drug-likeness (QED) is 0.692. The summed E-state index contributed by atoms with van der Waals surface area (Å²) in [6.07, 6.45) is 0. The lowest BCUT2D eigenvalue weighted by atomic mass is 10.3. The zero-order valence-electron chi connectivity index (χ0n) is 6.26. The van der Waals surface area contributed by atoms with Crippen LogP contribution in [0.4, 0.5) is 5.69 Å². The largest absolute Gasteiger partial charge is 0.497 e. The Labute approximate surface area is 69.9 Å². The average Bonchev–Trinajstić information content (AvgIpc) is 2.50. The second-order valence-electron chi connectivity index (χ2n) is 2.33. The zero-order chi connectivity index (χ0) is 7.68. The van der Waals surface area contributed by atoms with Gasteiger partial charge in [0.25, 0.3) is 0 Å². The van der Waals surface area contributed by atoms with Crippen LogP contribution in [-0.2, 0) is 0 Å². The van der Waals surface area contributed by atoms with Crippen LogP contribution in [0.2, 0.25) is 0 Å². The molecule has 0 saturated carbocycles. The number of hydrogen-bond donors (Lipinski definition) is 1. The minimum Gasteiger partial charge on any atom is -0.497 e. The summed E-state index contributed by atoms with van der Waals surface area (Å²) in [5.41, 5.74) is 1.22. The van der Waals surface area contributed by atoms with Gasteiger partial charge in [-0.05, 0) is 18.2 Å². The molecule has 1 aliphatic heterocycles. The Hall–Kier alpha value is -0.830. The predicted molar refractivity (Wildman–Crippen MR) is 47.3 cm³/mol. The smallest absolute Gasteiger partial charge is 0.120 e. The molecule has 1 aromatic carbocycles. The van der Waals surface area contributed by atoms with Gasteiger partial charge >= 0.3 is 0 Å². The minimum atomic E-state index is 0.931. The summed E-state index contributed by atoms with van der Waals surface area (Å²) < 4.78 is 5.10. The van der Waals surface area contributed by atoms with Crippen molar-refractivity contribution in [3.63, 3.8) is 0 Å². The van der Waals surface area contributed by atoms with E-state index in [-0.39, 0.29) is 0 Å². The fourth-order valence-corrected chi connectivity index (χ4v) is 1.97. The number of nitrogens with one attached hydrogen (secondary N) is 1. The fraction of sp³-hybridized carbons (Fsp3) is 0.250. The molecule has 0 aliphatic carbocycles. The Morgan fingerprint density at radius 2 is 2.45 bits per heavy atom. The van der Waals surface area contributed by atoms with Crippen LogP contribution >= 0.6 is 11.8 Å². The summed E-state index contributed by atoms with van der Waals surface area (Å²) in [5.74, 6) is 1.91. The van der Waals surface area contributed by atoms with E-state index in [1.807, 2.05) is 12.1 Å². The van der Waals surface area contributed by atoms with Crippen LogP contribution in [0.3, 0.4) is 0 Å². The zero-order valence-corrected chi connectivity index (χ0v) is 7.07. The van der Waals surface area contributed by atoms with E-state index in [0.717, 1.165) is 11.6 Å². The van der Waals surface area contributed by atoms with Crippen LogP contribution < -0.4 is 10.1 Å². The van der Waals surface area contributed by atoms with Crippen LogP contribution in [0.15, 0.2) is 23.1 Å². The molecule has 3 heteroatoms. The van der Waals surface area contributed by atoms with E-state index < -0.39 is 0 Å². The highest BCUT2D eigenvalue weighted by molar-refractivity contribution is 7.99. The van der Waals surface area contributed by atoms with Crippen LogP contribution in [0.25, 0.3) is 0 Å². The molecule has 0 aromatic heterocycles. The van der Waals surface area contributed by atoms with Crippen molar-refractivity contribution >= 4 is 17.4 Å². The number of benzene rings is 1. The van der Waals surface area contributed by atoms with Crippen LogP contribution in [0.5, 0.6) is 5.75 Å². The molecule has 11 heavy (non-hydrogen) atoms. The number of anilines is 1. The molecule has 0 spiro atoms. The third kappa shape index (κ3) is 1.16. The second kappa shape index (κ2) is 2.66. The molecule has 1 aliphatic rings. The van der Waals surface area contributed by atoms with E-state index in [2.05, 4.69) is 11.4 Å². The van der Waals surface area contributed by atoms with Crippen molar-refractivity contribution in [1.82, 2.24) is 0 Å². The molecule has 0 unspecified atom stereocenters. The number of ether oxygens (including phenoxy) is 1. The van der Waals surface area contributed by atoms with E-state index in [4.69, 9.17) is 4.74 Å². The van der Waals surface area contributed by atoms with E-state index in [1.165, 1.54) is 10.6 Å². The van der Waals surface area contributed by atoms with Gasteiger partial charge in [-0.3, -0.25) is 0 Å². The lowest BCUT2D eigenvalue weighted by Gasteiger charge is -2.01. The summed E-state index contributed by atoms with van der Waals surface area (Å²) in [4.78, 5) is 1.28. The third-order valence-electron chi connectivity index (χ3n) is 1.68. The summed E-state index contributed by atoms with van der Waals surface area (Å²) in [7, 11) is 1.69. The van der Waals surface area contributed by atoms with Crippen LogP contribution in [0, 0.1) is 0 Å². The van der Waals surface area contributed by atoms with Gasteiger partial charge in [0.05, 0.1) is 13.0 Å². The maximum Gasteiger partial charge on any atom is 0.120 e. The highest BCUT2D eigenvalue weighted by Crippen LogP contribution is 2.35. The topological polar surface area (TPSA) is 21.3 Å². The third-order valence-corrected chi connectivity index (χ3v) is 2.62. The van der Waals surface area contributed by atoms with E-state index >= 15 is 0 Å². The Bertz CT molecular complexity index is 275. The Morgan fingerprint density at radius 3 is 3.27 bits per heavy atom. The number of fused-ring (bicyclic) bond motifs is 1. The molecule has 0 bridgehead atoms. The first kappa shape index (κ1) is 6.85. The van der Waals surface area contributed by atoms with E-state index in [9.17, 15) is 0 Å². The number of thioether (sulfide) groups is 1. The van der Waals surface area contributed by atoms with Crippen molar-refractivity contribution < 1.29 is 4.74 Å². The van der Waals surface area contributed by atoms with Crippen LogP contribution in [-0.4, -0.2) is 13.0 Å². The maximum atomic E-state index is 5.10. The lowest BCUT2D eigenvalue weighted by Crippen LogP contribution is -1.88. The first-order valence-electron chi connectivity index (χ1n) is 3.45. The highest BCUT2D eigenvalue weighted by Gasteiger charge is 2.09. The van der Waals surface area contributed by atoms with Crippen molar-refractivity contribution in [3.8, 4) is 5.75 Å². The van der Waals surface area contributed by atoms with Crippen molar-refractivity contribution in [1.29, 1.82) is 0 Å². The first-order valence-corrected chi connectivity index (χ1v) is 4.43. The molecule has 0 radical (unpaired) electrons. The Balaban J connectivity index is 2.41. The number of hydrogen-bond acceptors (Lipinski definition) is 3. The standard InChI is InChI=1S/C8H9NOS/c1-10-6-2-3-7-8(4-6)11-5-9-7/h2-4,9H,5H2,1H3. The van der Waals surface area contributed by atoms with Gasteiger partial charge in [0.2, 0.25) is 0 Å². The molecular weight excluding hydrogens is 158 g/mol. The second-order valence-corrected chi connectivity index (χ2v) is 3.34. The van der Waals surface area contributed by atoms with Gasteiger partial charge in [-0.15, -0.1) is 11.8 Å². The Kier molecular flexibility index (Phi) is 1.66. The molecule has 1 heterocycles. The van der Waals surface area contributed by atoms with Gasteiger partial charge in [0, 0.05) is 10.6 Å². The summed E-state index contributed by atoms with van der Waals surface area (Å²) in [6.45, 7) is 0. The molecule has 0 amide bonds. The number of rotatable bonds is 1. The van der Waals surface area contributed by atoms with Gasteiger partial charge in [-0.25, -0.2) is 0 Å². The molecule has 0 fully saturated rings. The SMILES string of the molecule is COc1ccc2c(c1)SCN2. The van der Waals surface area contributed by atoms with E-state index in [1.54, 1.807) is 18.9 Å². The van der Waals surface area contributed by atoms with Gasteiger partial charge in [-0.1, -0.05) is 0 Å². The van der Waals surface area contributed by atoms with Gasteiger partial charge < -0.3 is 10.1 Å². The van der Waals surface area contributed by atoms with Crippen molar-refractivity contribution in [3.05, 3.63) is 18.2 Å². The van der Waals surface area contributed by atoms with Crippen molar-refractivity contribution in [2.45, 2.75) is 4.90 Å². The summed E-state index contributed by atoms with van der Waals surface area (Å²) in [5, 5.41) is 3.26. The monoisotopic (exact) mass is 167 g/mol. The molecule has 0 atom stereocenters. The Morgan fingerprint density at radius 1 is 1.55 bits per heavy atom. The summed E-state index contributed by atoms with van der Waals surface area (Å²) in [6, 6.07) is 6.08. The molecule has 1 aromatic rings. The maximum absolute atomic E-state index is 5.10. The molecule has 2 nitrogen and oxygen atoms in total. The molecule has 2 rings (SSSR count). The average molecular weight is 167 g/mol. The normalized spacial score (nSPS) is 13.9. The summed E-state index contributed by atoms with van der Waals surface area (Å²) >= 11 is 1.81. The lowest BCUT2D eigenvalue weighted by molar-refractivity contribution is 0.414. The minimum absolute atomic E-state index is 0.931. The predicted octanol–water partition coefficient (Wildman–Crippen LogP) is 2.17.